The molecule has 132 valence electrons. The highest BCUT2D eigenvalue weighted by atomic mass is 35.5. The Kier molecular flexibility index (Phi) is 5.39. The number of nitrogens with one attached hydrogen (secondary N) is 2. The number of pyridine rings is 1. The van der Waals surface area contributed by atoms with Crippen LogP contribution in [0.5, 0.6) is 5.75 Å². The van der Waals surface area contributed by atoms with E-state index in [1.807, 2.05) is 37.3 Å². The molecule has 2 aromatic carbocycles. The topological polar surface area (TPSA) is 63.2 Å². The Bertz CT molecular complexity index is 927. The van der Waals surface area contributed by atoms with Crippen molar-refractivity contribution in [3.8, 4) is 5.75 Å². The van der Waals surface area contributed by atoms with E-state index in [0.717, 1.165) is 16.9 Å². The first-order valence-corrected chi connectivity index (χ1v) is 8.37. The molecule has 3 aromatic rings. The van der Waals surface area contributed by atoms with E-state index >= 15 is 0 Å². The molecule has 0 aliphatic carbocycles. The number of ether oxygens (including phenoxy) is 1. The molecule has 0 saturated carbocycles. The third-order valence-electron chi connectivity index (χ3n) is 3.73. The highest BCUT2D eigenvalue weighted by Crippen LogP contribution is 2.28. The third kappa shape index (κ3) is 4.32. The lowest BCUT2D eigenvalue weighted by atomic mass is 10.1. The van der Waals surface area contributed by atoms with Crippen LogP contribution < -0.4 is 15.4 Å². The fourth-order valence-electron chi connectivity index (χ4n) is 2.43. The van der Waals surface area contributed by atoms with Crippen LogP contribution in [0.25, 0.3) is 0 Å². The minimum atomic E-state index is -0.191. The number of benzene rings is 2. The summed E-state index contributed by atoms with van der Waals surface area (Å²) in [7, 11) is 1.57. The van der Waals surface area contributed by atoms with Crippen LogP contribution in [-0.4, -0.2) is 18.0 Å². The number of nitrogens with zero attached hydrogens (tertiary/aromatic N) is 1. The van der Waals surface area contributed by atoms with Crippen LogP contribution in [0.2, 0.25) is 5.02 Å². The summed E-state index contributed by atoms with van der Waals surface area (Å²) in [5.74, 6) is 0.906. The number of anilines is 3. The molecular formula is C20H18ClN3O2. The Labute approximate surface area is 157 Å². The second kappa shape index (κ2) is 7.89. The van der Waals surface area contributed by atoms with Gasteiger partial charge in [-0.05, 0) is 49.4 Å². The number of halogens is 1. The van der Waals surface area contributed by atoms with Gasteiger partial charge in [0.2, 0.25) is 0 Å². The minimum absolute atomic E-state index is 0.191. The molecule has 0 bridgehead atoms. The molecule has 0 atom stereocenters. The predicted octanol–water partition coefficient (Wildman–Crippen LogP) is 5.05. The summed E-state index contributed by atoms with van der Waals surface area (Å²) in [6.45, 7) is 1.95. The van der Waals surface area contributed by atoms with Crippen LogP contribution in [0.4, 0.5) is 17.2 Å². The fourth-order valence-corrected chi connectivity index (χ4v) is 2.69. The van der Waals surface area contributed by atoms with Crippen molar-refractivity contribution in [3.63, 3.8) is 0 Å². The Balaban J connectivity index is 1.66. The van der Waals surface area contributed by atoms with Crippen molar-refractivity contribution in [2.24, 2.45) is 0 Å². The molecule has 0 aliphatic rings. The lowest BCUT2D eigenvalue weighted by molar-refractivity contribution is 0.102. The van der Waals surface area contributed by atoms with E-state index in [4.69, 9.17) is 16.3 Å². The number of aryl methyl sites for hydroxylation is 1. The SMILES string of the molecule is COc1ccc(Nc2ccc(NC(=O)c3cccc(C)c3)nc2)cc1Cl. The van der Waals surface area contributed by atoms with Crippen molar-refractivity contribution < 1.29 is 9.53 Å². The maximum atomic E-state index is 12.2. The van der Waals surface area contributed by atoms with E-state index < -0.39 is 0 Å². The first-order valence-electron chi connectivity index (χ1n) is 8.00. The van der Waals surface area contributed by atoms with E-state index in [1.54, 1.807) is 37.6 Å². The number of rotatable bonds is 5. The summed E-state index contributed by atoms with van der Waals surface area (Å²) >= 11 is 6.12. The Hall–Kier alpha value is -3.05. The van der Waals surface area contributed by atoms with Gasteiger partial charge in [-0.15, -0.1) is 0 Å². The summed E-state index contributed by atoms with van der Waals surface area (Å²) < 4.78 is 5.13. The zero-order valence-corrected chi connectivity index (χ0v) is 15.2. The van der Waals surface area contributed by atoms with Crippen molar-refractivity contribution in [1.82, 2.24) is 4.98 Å². The fraction of sp³-hybridized carbons (Fsp3) is 0.100. The third-order valence-corrected chi connectivity index (χ3v) is 4.02. The molecule has 1 aromatic heterocycles. The molecule has 0 aliphatic heterocycles. The first kappa shape index (κ1) is 17.8. The number of carbonyl (C=O) groups is 1. The molecule has 0 radical (unpaired) electrons. The second-order valence-electron chi connectivity index (χ2n) is 5.73. The standard InChI is InChI=1S/C20H18ClN3O2/c1-13-4-3-5-14(10-13)20(25)24-19-9-7-16(12-22-19)23-15-6-8-18(26-2)17(21)11-15/h3-12,23H,1-2H3,(H,22,24,25). The molecule has 3 rings (SSSR count). The van der Waals surface area contributed by atoms with Crippen LogP contribution in [-0.2, 0) is 0 Å². The number of amides is 1. The van der Waals surface area contributed by atoms with E-state index in [0.29, 0.717) is 22.2 Å². The van der Waals surface area contributed by atoms with Crippen LogP contribution in [0, 0.1) is 6.92 Å². The molecule has 1 amide bonds. The second-order valence-corrected chi connectivity index (χ2v) is 6.14. The van der Waals surface area contributed by atoms with Gasteiger partial charge in [0.15, 0.2) is 0 Å². The van der Waals surface area contributed by atoms with Gasteiger partial charge < -0.3 is 15.4 Å². The van der Waals surface area contributed by atoms with E-state index in [9.17, 15) is 4.79 Å². The van der Waals surface area contributed by atoms with Gasteiger partial charge in [-0.25, -0.2) is 4.98 Å². The molecule has 0 fully saturated rings. The number of methoxy groups -OCH3 is 1. The largest absolute Gasteiger partial charge is 0.495 e. The molecule has 2 N–H and O–H groups in total. The van der Waals surface area contributed by atoms with Crippen molar-refractivity contribution in [2.45, 2.75) is 6.92 Å². The van der Waals surface area contributed by atoms with Crippen LogP contribution in [0.1, 0.15) is 15.9 Å². The Morgan fingerprint density at radius 2 is 1.88 bits per heavy atom. The van der Waals surface area contributed by atoms with Crippen molar-refractivity contribution >= 4 is 34.7 Å². The smallest absolute Gasteiger partial charge is 0.256 e. The summed E-state index contributed by atoms with van der Waals surface area (Å²) in [5, 5.41) is 6.51. The predicted molar refractivity (Wildman–Crippen MR) is 105 cm³/mol. The van der Waals surface area contributed by atoms with E-state index in [-0.39, 0.29) is 5.91 Å². The van der Waals surface area contributed by atoms with Gasteiger partial charge in [0.1, 0.15) is 11.6 Å². The minimum Gasteiger partial charge on any atom is -0.495 e. The maximum Gasteiger partial charge on any atom is 0.256 e. The zero-order chi connectivity index (χ0) is 18.5. The molecule has 26 heavy (non-hydrogen) atoms. The average Bonchev–Trinajstić information content (AvgIpc) is 2.63. The normalized spacial score (nSPS) is 10.3. The Morgan fingerprint density at radius 1 is 1.08 bits per heavy atom. The van der Waals surface area contributed by atoms with E-state index in [2.05, 4.69) is 15.6 Å². The molecule has 0 unspecified atom stereocenters. The number of aromatic nitrogens is 1. The number of carbonyl (C=O) groups excluding carboxylic acids is 1. The highest BCUT2D eigenvalue weighted by molar-refractivity contribution is 6.32. The van der Waals surface area contributed by atoms with Gasteiger partial charge in [-0.2, -0.15) is 0 Å². The summed E-state index contributed by atoms with van der Waals surface area (Å²) in [6.07, 6.45) is 1.64. The van der Waals surface area contributed by atoms with Crippen LogP contribution in [0.15, 0.2) is 60.8 Å². The lowest BCUT2D eigenvalue weighted by Gasteiger charge is -2.10. The van der Waals surface area contributed by atoms with Gasteiger partial charge in [-0.1, -0.05) is 29.3 Å². The van der Waals surface area contributed by atoms with Gasteiger partial charge in [-0.3, -0.25) is 4.79 Å². The molecule has 0 saturated heterocycles. The molecule has 5 nitrogen and oxygen atoms in total. The van der Waals surface area contributed by atoms with Crippen molar-refractivity contribution in [2.75, 3.05) is 17.7 Å². The molecular weight excluding hydrogens is 350 g/mol. The summed E-state index contributed by atoms with van der Waals surface area (Å²) in [6, 6.07) is 16.4. The molecule has 0 spiro atoms. The quantitative estimate of drug-likeness (QED) is 0.662. The maximum absolute atomic E-state index is 12.2. The van der Waals surface area contributed by atoms with Crippen molar-refractivity contribution in [1.29, 1.82) is 0 Å². The van der Waals surface area contributed by atoms with Gasteiger partial charge in [0.05, 0.1) is 24.0 Å². The molecule has 6 heteroatoms. The van der Waals surface area contributed by atoms with Gasteiger partial charge in [0, 0.05) is 11.3 Å². The molecule has 1 heterocycles. The van der Waals surface area contributed by atoms with Crippen molar-refractivity contribution in [3.05, 3.63) is 76.9 Å². The lowest BCUT2D eigenvalue weighted by Crippen LogP contribution is -2.13. The zero-order valence-electron chi connectivity index (χ0n) is 14.4. The summed E-state index contributed by atoms with van der Waals surface area (Å²) in [5.41, 5.74) is 3.22. The van der Waals surface area contributed by atoms with Crippen LogP contribution >= 0.6 is 11.6 Å². The monoisotopic (exact) mass is 367 g/mol. The Morgan fingerprint density at radius 3 is 2.54 bits per heavy atom. The number of hydrogen-bond donors (Lipinski definition) is 2. The van der Waals surface area contributed by atoms with E-state index in [1.165, 1.54) is 0 Å². The first-order chi connectivity index (χ1) is 12.5. The average molecular weight is 368 g/mol. The van der Waals surface area contributed by atoms with Crippen LogP contribution in [0.3, 0.4) is 0 Å². The van der Waals surface area contributed by atoms with Gasteiger partial charge >= 0.3 is 0 Å². The highest BCUT2D eigenvalue weighted by Gasteiger charge is 2.07. The number of hydrogen-bond acceptors (Lipinski definition) is 4. The summed E-state index contributed by atoms with van der Waals surface area (Å²) in [4.78, 5) is 16.5. The van der Waals surface area contributed by atoms with Gasteiger partial charge in [0.25, 0.3) is 5.91 Å².